The predicted octanol–water partition coefficient (Wildman–Crippen LogP) is 1.68. The Hall–Kier alpha value is -0.540. The van der Waals surface area contributed by atoms with Crippen molar-refractivity contribution in [1.82, 2.24) is 0 Å². The predicted molar refractivity (Wildman–Crippen MR) is 56.9 cm³/mol. The van der Waals surface area contributed by atoms with Crippen molar-refractivity contribution in [3.05, 3.63) is 11.8 Å². The van der Waals surface area contributed by atoms with Crippen molar-refractivity contribution in [2.45, 2.75) is 39.3 Å². The quantitative estimate of drug-likeness (QED) is 0.752. The third-order valence-corrected chi connectivity index (χ3v) is 2.49. The SMILES string of the molecule is COC(C(N)C1=CCCO1)C(C)(C)C. The molecule has 0 saturated carbocycles. The minimum absolute atomic E-state index is 0.00755. The van der Waals surface area contributed by atoms with Gasteiger partial charge in [-0.05, 0) is 11.5 Å². The molecule has 3 heteroatoms. The van der Waals surface area contributed by atoms with E-state index in [0.29, 0.717) is 0 Å². The van der Waals surface area contributed by atoms with Crippen LogP contribution in [0, 0.1) is 5.41 Å². The molecule has 0 amide bonds. The van der Waals surface area contributed by atoms with Crippen LogP contribution in [0.5, 0.6) is 0 Å². The van der Waals surface area contributed by atoms with Crippen LogP contribution in [0.15, 0.2) is 11.8 Å². The number of hydrogen-bond donors (Lipinski definition) is 1. The van der Waals surface area contributed by atoms with E-state index in [4.69, 9.17) is 15.2 Å². The van der Waals surface area contributed by atoms with E-state index >= 15 is 0 Å². The molecule has 3 nitrogen and oxygen atoms in total. The highest BCUT2D eigenvalue weighted by Gasteiger charge is 2.33. The minimum atomic E-state index is -0.150. The van der Waals surface area contributed by atoms with Crippen molar-refractivity contribution >= 4 is 0 Å². The molecule has 0 aliphatic carbocycles. The van der Waals surface area contributed by atoms with Crippen molar-refractivity contribution in [3.8, 4) is 0 Å². The number of methoxy groups -OCH3 is 1. The molecule has 14 heavy (non-hydrogen) atoms. The summed E-state index contributed by atoms with van der Waals surface area (Å²) in [5.74, 6) is 0.881. The smallest absolute Gasteiger partial charge is 0.111 e. The molecule has 0 aromatic heterocycles. The first-order valence-electron chi connectivity index (χ1n) is 5.08. The average Bonchev–Trinajstić information content (AvgIpc) is 2.53. The van der Waals surface area contributed by atoms with Gasteiger partial charge in [0, 0.05) is 13.5 Å². The van der Waals surface area contributed by atoms with Crippen LogP contribution in [0.25, 0.3) is 0 Å². The molecule has 2 atom stereocenters. The van der Waals surface area contributed by atoms with Gasteiger partial charge in [-0.3, -0.25) is 0 Å². The monoisotopic (exact) mass is 199 g/mol. The van der Waals surface area contributed by atoms with Crippen LogP contribution in [0.4, 0.5) is 0 Å². The fourth-order valence-corrected chi connectivity index (χ4v) is 1.86. The van der Waals surface area contributed by atoms with Crippen molar-refractivity contribution in [2.24, 2.45) is 11.1 Å². The fourth-order valence-electron chi connectivity index (χ4n) is 1.86. The van der Waals surface area contributed by atoms with E-state index in [9.17, 15) is 0 Å². The first-order valence-corrected chi connectivity index (χ1v) is 5.08. The van der Waals surface area contributed by atoms with E-state index in [1.807, 2.05) is 0 Å². The summed E-state index contributed by atoms with van der Waals surface area (Å²) in [5, 5.41) is 0. The summed E-state index contributed by atoms with van der Waals surface area (Å²) in [5.41, 5.74) is 6.13. The molecular formula is C11H21NO2. The second-order valence-corrected chi connectivity index (χ2v) is 4.79. The average molecular weight is 199 g/mol. The zero-order valence-corrected chi connectivity index (χ0v) is 9.54. The van der Waals surface area contributed by atoms with Gasteiger partial charge in [-0.1, -0.05) is 20.8 Å². The first-order chi connectivity index (χ1) is 6.46. The number of ether oxygens (including phenoxy) is 2. The summed E-state index contributed by atoms with van der Waals surface area (Å²) in [6.07, 6.45) is 3.01. The third kappa shape index (κ3) is 2.49. The second-order valence-electron chi connectivity index (χ2n) is 4.79. The van der Waals surface area contributed by atoms with Crippen LogP contribution in [-0.4, -0.2) is 25.9 Å². The number of hydrogen-bond acceptors (Lipinski definition) is 3. The fraction of sp³-hybridized carbons (Fsp3) is 0.818. The van der Waals surface area contributed by atoms with Gasteiger partial charge >= 0.3 is 0 Å². The van der Waals surface area contributed by atoms with E-state index in [-0.39, 0.29) is 17.6 Å². The van der Waals surface area contributed by atoms with Crippen LogP contribution in [-0.2, 0) is 9.47 Å². The van der Waals surface area contributed by atoms with Gasteiger partial charge in [0.05, 0.1) is 18.8 Å². The summed E-state index contributed by atoms with van der Waals surface area (Å²) in [6, 6.07) is -0.150. The molecule has 0 aromatic rings. The molecule has 0 saturated heterocycles. The molecule has 0 spiro atoms. The summed E-state index contributed by atoms with van der Waals surface area (Å²) in [6.45, 7) is 7.12. The topological polar surface area (TPSA) is 44.5 Å². The van der Waals surface area contributed by atoms with Crippen molar-refractivity contribution in [1.29, 1.82) is 0 Å². The van der Waals surface area contributed by atoms with E-state index in [0.717, 1.165) is 18.8 Å². The molecule has 82 valence electrons. The van der Waals surface area contributed by atoms with Crippen molar-refractivity contribution in [2.75, 3.05) is 13.7 Å². The normalized spacial score (nSPS) is 21.4. The van der Waals surface area contributed by atoms with Gasteiger partial charge in [0.1, 0.15) is 5.76 Å². The molecule has 0 fully saturated rings. The lowest BCUT2D eigenvalue weighted by atomic mass is 9.84. The van der Waals surface area contributed by atoms with Gasteiger partial charge in [0.2, 0.25) is 0 Å². The van der Waals surface area contributed by atoms with E-state index < -0.39 is 0 Å². The Kier molecular flexibility index (Phi) is 3.56. The van der Waals surface area contributed by atoms with Gasteiger partial charge in [0.15, 0.2) is 0 Å². The third-order valence-electron chi connectivity index (χ3n) is 2.49. The maximum atomic E-state index is 6.10. The number of nitrogens with two attached hydrogens (primary N) is 1. The Morgan fingerprint density at radius 3 is 2.50 bits per heavy atom. The van der Waals surface area contributed by atoms with Crippen LogP contribution in [0.2, 0.25) is 0 Å². The standard InChI is InChI=1S/C11H21NO2/c1-11(2,3)10(13-4)9(12)8-6-5-7-14-8/h6,9-10H,5,7,12H2,1-4H3. The van der Waals surface area contributed by atoms with E-state index in [1.54, 1.807) is 7.11 Å². The Morgan fingerprint density at radius 2 is 2.14 bits per heavy atom. The summed E-state index contributed by atoms with van der Waals surface area (Å²) in [4.78, 5) is 0. The lowest BCUT2D eigenvalue weighted by Crippen LogP contribution is -2.46. The van der Waals surface area contributed by atoms with Gasteiger partial charge in [-0.2, -0.15) is 0 Å². The van der Waals surface area contributed by atoms with E-state index in [2.05, 4.69) is 26.8 Å². The Labute approximate surface area is 86.3 Å². The molecule has 0 radical (unpaired) electrons. The van der Waals surface area contributed by atoms with Gasteiger partial charge in [-0.25, -0.2) is 0 Å². The van der Waals surface area contributed by atoms with Gasteiger partial charge in [0.25, 0.3) is 0 Å². The first kappa shape index (κ1) is 11.5. The van der Waals surface area contributed by atoms with Crippen molar-refractivity contribution in [3.63, 3.8) is 0 Å². The van der Waals surface area contributed by atoms with Crippen LogP contribution < -0.4 is 5.73 Å². The summed E-state index contributed by atoms with van der Waals surface area (Å²) >= 11 is 0. The van der Waals surface area contributed by atoms with Crippen molar-refractivity contribution < 1.29 is 9.47 Å². The van der Waals surface area contributed by atoms with Gasteiger partial charge < -0.3 is 15.2 Å². The van der Waals surface area contributed by atoms with Crippen LogP contribution >= 0.6 is 0 Å². The highest BCUT2D eigenvalue weighted by Crippen LogP contribution is 2.28. The largest absolute Gasteiger partial charge is 0.496 e. The maximum absolute atomic E-state index is 6.10. The molecule has 1 aliphatic heterocycles. The highest BCUT2D eigenvalue weighted by atomic mass is 16.5. The zero-order chi connectivity index (χ0) is 10.8. The Morgan fingerprint density at radius 1 is 1.50 bits per heavy atom. The minimum Gasteiger partial charge on any atom is -0.496 e. The summed E-state index contributed by atoms with van der Waals surface area (Å²) < 4.78 is 10.9. The molecule has 1 heterocycles. The Bertz CT molecular complexity index is 218. The lowest BCUT2D eigenvalue weighted by Gasteiger charge is -2.34. The molecular weight excluding hydrogens is 178 g/mol. The Balaban J connectivity index is 2.69. The molecule has 2 unspecified atom stereocenters. The second kappa shape index (κ2) is 4.32. The lowest BCUT2D eigenvalue weighted by molar-refractivity contribution is -0.00512. The van der Waals surface area contributed by atoms with Crippen LogP contribution in [0.3, 0.4) is 0 Å². The number of rotatable bonds is 3. The molecule has 1 rings (SSSR count). The molecule has 0 aromatic carbocycles. The maximum Gasteiger partial charge on any atom is 0.111 e. The van der Waals surface area contributed by atoms with Gasteiger partial charge in [-0.15, -0.1) is 0 Å². The molecule has 0 bridgehead atoms. The van der Waals surface area contributed by atoms with Crippen LogP contribution in [0.1, 0.15) is 27.2 Å². The van der Waals surface area contributed by atoms with E-state index in [1.165, 1.54) is 0 Å². The zero-order valence-electron chi connectivity index (χ0n) is 9.54. The highest BCUT2D eigenvalue weighted by molar-refractivity contribution is 5.10. The summed E-state index contributed by atoms with van der Waals surface area (Å²) in [7, 11) is 1.70. The molecule has 2 N–H and O–H groups in total. The molecule has 1 aliphatic rings.